The fourth-order valence-corrected chi connectivity index (χ4v) is 6.82. The number of benzene rings is 3. The van der Waals surface area contributed by atoms with Gasteiger partial charge in [-0.3, -0.25) is 9.80 Å². The first-order chi connectivity index (χ1) is 25.4. The zero-order chi connectivity index (χ0) is 38.7. The fraction of sp³-hybridized carbons (Fsp3) is 0.581. The molecule has 0 N–H and O–H groups in total. The quantitative estimate of drug-likeness (QED) is 0.241. The van der Waals surface area contributed by atoms with Gasteiger partial charge in [0.1, 0.15) is 28.8 Å². The molecule has 10 heteroatoms. The van der Waals surface area contributed by atoms with Gasteiger partial charge in [0.2, 0.25) is 0 Å². The molecule has 4 aliphatic rings. The summed E-state index contributed by atoms with van der Waals surface area (Å²) in [7, 11) is 1.62. The van der Waals surface area contributed by atoms with Crippen molar-refractivity contribution in [3.8, 4) is 5.75 Å². The molecule has 294 valence electrons. The Morgan fingerprint density at radius 2 is 0.981 bits per heavy atom. The molecular weight excluding hydrogens is 677 g/mol. The molecule has 7 nitrogen and oxygen atoms in total. The molecule has 0 amide bonds. The summed E-state index contributed by atoms with van der Waals surface area (Å²) in [6.07, 6.45) is 0. The Morgan fingerprint density at radius 1 is 0.566 bits per heavy atom. The molecule has 0 aliphatic carbocycles. The van der Waals surface area contributed by atoms with Crippen LogP contribution >= 0.6 is 0 Å². The van der Waals surface area contributed by atoms with E-state index in [0.717, 1.165) is 71.3 Å². The number of piperazine rings is 2. The van der Waals surface area contributed by atoms with Crippen molar-refractivity contribution in [2.24, 2.45) is 0 Å². The van der Waals surface area contributed by atoms with Gasteiger partial charge in [0.25, 0.3) is 0 Å². The Balaban J connectivity index is 0.000000184. The molecular formula is C43H63F3N4O3. The number of rotatable bonds is 7. The molecule has 0 aromatic heterocycles. The molecule has 3 aromatic rings. The largest absolute Gasteiger partial charge is 0.494 e. The van der Waals surface area contributed by atoms with Gasteiger partial charge in [-0.2, -0.15) is 0 Å². The first kappa shape index (κ1) is 42.4. The monoisotopic (exact) mass is 740 g/mol. The Hall–Kier alpha value is -3.31. The van der Waals surface area contributed by atoms with E-state index < -0.39 is 11.6 Å². The van der Waals surface area contributed by atoms with Crippen molar-refractivity contribution in [2.45, 2.75) is 79.3 Å². The highest BCUT2D eigenvalue weighted by Crippen LogP contribution is 2.36. The second kappa shape index (κ2) is 20.4. The van der Waals surface area contributed by atoms with Crippen LogP contribution in [-0.4, -0.2) is 108 Å². The average Bonchev–Trinajstić information content (AvgIpc) is 3.09. The van der Waals surface area contributed by atoms with Crippen molar-refractivity contribution < 1.29 is 27.4 Å². The lowest BCUT2D eigenvalue weighted by atomic mass is 10.0. The van der Waals surface area contributed by atoms with Crippen LogP contribution in [0.5, 0.6) is 5.75 Å². The Morgan fingerprint density at radius 3 is 1.36 bits per heavy atom. The lowest BCUT2D eigenvalue weighted by molar-refractivity contribution is -0.0661. The van der Waals surface area contributed by atoms with E-state index in [-0.39, 0.29) is 17.4 Å². The summed E-state index contributed by atoms with van der Waals surface area (Å²) in [6, 6.07) is 16.2. The topological polar surface area (TPSA) is 40.7 Å². The molecule has 0 radical (unpaired) electrons. The standard InChI is InChI=1S/C17H25FN2O2.C14H18F2N2O.C10H14.C2H6/c1-12(2)13-8-15(18)17(16(9-13)21-3)20-6-4-19(5-7-20)14-10-22-11-14;1-10-6-12(15)14(13(16)7-10)18-4-2-17(3-5-18)11-8-19-9-11;1-8(2)10-6-4-9(3)5-7-10;1-2/h8-9,12,14H,4-7,10-11H2,1-3H3;6-7,11H,2-5,8-9H2,1H3;4-8H,1-3H3;1-2H3. The van der Waals surface area contributed by atoms with Crippen LogP contribution in [0.4, 0.5) is 24.5 Å². The van der Waals surface area contributed by atoms with Gasteiger partial charge in [0.15, 0.2) is 5.82 Å². The second-order valence-corrected chi connectivity index (χ2v) is 14.8. The number of hydrogen-bond donors (Lipinski definition) is 0. The molecule has 4 fully saturated rings. The van der Waals surface area contributed by atoms with Gasteiger partial charge in [-0.15, -0.1) is 0 Å². The highest BCUT2D eigenvalue weighted by molar-refractivity contribution is 5.61. The molecule has 53 heavy (non-hydrogen) atoms. The average molecular weight is 741 g/mol. The molecule has 0 saturated carbocycles. The molecule has 0 atom stereocenters. The molecule has 4 saturated heterocycles. The first-order valence-electron chi connectivity index (χ1n) is 19.5. The second-order valence-electron chi connectivity index (χ2n) is 14.8. The van der Waals surface area contributed by atoms with Crippen LogP contribution in [0.1, 0.15) is 75.6 Å². The number of ether oxygens (including phenoxy) is 3. The van der Waals surface area contributed by atoms with Gasteiger partial charge in [-0.25, -0.2) is 13.2 Å². The molecule has 0 spiro atoms. The van der Waals surface area contributed by atoms with E-state index in [9.17, 15) is 13.2 Å². The minimum Gasteiger partial charge on any atom is -0.494 e. The Kier molecular flexibility index (Phi) is 16.3. The highest BCUT2D eigenvalue weighted by atomic mass is 19.1. The normalized spacial score (nSPS) is 18.2. The summed E-state index contributed by atoms with van der Waals surface area (Å²) in [6.45, 7) is 26.1. The summed E-state index contributed by atoms with van der Waals surface area (Å²) < 4.78 is 58.3. The van der Waals surface area contributed by atoms with Gasteiger partial charge in [0.05, 0.1) is 45.6 Å². The van der Waals surface area contributed by atoms with Crippen LogP contribution in [-0.2, 0) is 9.47 Å². The molecule has 4 heterocycles. The highest BCUT2D eigenvalue weighted by Gasteiger charge is 2.32. The predicted molar refractivity (Wildman–Crippen MR) is 212 cm³/mol. The molecule has 0 bridgehead atoms. The van der Waals surface area contributed by atoms with Gasteiger partial charge < -0.3 is 24.0 Å². The summed E-state index contributed by atoms with van der Waals surface area (Å²) in [5.74, 6) is 0.483. The van der Waals surface area contributed by atoms with Crippen molar-refractivity contribution in [1.29, 1.82) is 0 Å². The van der Waals surface area contributed by atoms with E-state index in [2.05, 4.69) is 73.6 Å². The van der Waals surface area contributed by atoms with Crippen molar-refractivity contribution in [3.05, 3.63) is 88.2 Å². The van der Waals surface area contributed by atoms with E-state index in [1.54, 1.807) is 25.0 Å². The van der Waals surface area contributed by atoms with E-state index in [0.29, 0.717) is 48.1 Å². The maximum Gasteiger partial charge on any atom is 0.150 e. The van der Waals surface area contributed by atoms with Crippen LogP contribution in [0.15, 0.2) is 48.5 Å². The summed E-state index contributed by atoms with van der Waals surface area (Å²) in [4.78, 5) is 8.69. The third-order valence-corrected chi connectivity index (χ3v) is 10.4. The number of anilines is 2. The van der Waals surface area contributed by atoms with Crippen molar-refractivity contribution in [2.75, 3.05) is 95.7 Å². The van der Waals surface area contributed by atoms with Gasteiger partial charge in [0, 0.05) is 52.4 Å². The third-order valence-electron chi connectivity index (χ3n) is 10.4. The zero-order valence-corrected chi connectivity index (χ0v) is 33.6. The maximum absolute atomic E-state index is 14.6. The lowest BCUT2D eigenvalue weighted by Gasteiger charge is -2.43. The van der Waals surface area contributed by atoms with E-state index in [1.165, 1.54) is 23.3 Å². The first-order valence-corrected chi connectivity index (χ1v) is 19.5. The minimum absolute atomic E-state index is 0.120. The van der Waals surface area contributed by atoms with Crippen molar-refractivity contribution in [3.63, 3.8) is 0 Å². The SMILES string of the molecule is CC.COc1cc(C(C)C)cc(F)c1N1CCN(C2COC2)CC1.Cc1cc(F)c(N2CCN(C3COC3)CC2)c(F)c1.Cc1ccc(C(C)C)cc1. The number of nitrogens with zero attached hydrogens (tertiary/aromatic N) is 4. The molecule has 4 aliphatic heterocycles. The number of halogens is 3. The summed E-state index contributed by atoms with van der Waals surface area (Å²) in [5.41, 5.74) is 5.08. The third kappa shape index (κ3) is 11.4. The zero-order valence-electron chi connectivity index (χ0n) is 33.6. The van der Waals surface area contributed by atoms with Crippen LogP contribution in [0, 0.1) is 31.3 Å². The van der Waals surface area contributed by atoms with Crippen LogP contribution < -0.4 is 14.5 Å². The molecule has 7 rings (SSSR count). The van der Waals surface area contributed by atoms with E-state index >= 15 is 0 Å². The fourth-order valence-electron chi connectivity index (χ4n) is 6.82. The number of methoxy groups -OCH3 is 1. The van der Waals surface area contributed by atoms with Crippen molar-refractivity contribution in [1.82, 2.24) is 9.80 Å². The van der Waals surface area contributed by atoms with Crippen molar-refractivity contribution >= 4 is 11.4 Å². The maximum atomic E-state index is 14.6. The minimum atomic E-state index is -0.460. The van der Waals surface area contributed by atoms with Crippen LogP contribution in [0.3, 0.4) is 0 Å². The number of aryl methyl sites for hydroxylation is 2. The lowest BCUT2D eigenvalue weighted by Crippen LogP contribution is -2.56. The van der Waals surface area contributed by atoms with Gasteiger partial charge in [-0.1, -0.05) is 71.4 Å². The van der Waals surface area contributed by atoms with Gasteiger partial charge >= 0.3 is 0 Å². The number of hydrogen-bond acceptors (Lipinski definition) is 7. The molecule has 0 unspecified atom stereocenters. The summed E-state index contributed by atoms with van der Waals surface area (Å²) >= 11 is 0. The molecule has 3 aromatic carbocycles. The van der Waals surface area contributed by atoms with Crippen LogP contribution in [0.25, 0.3) is 0 Å². The Labute approximate surface area is 317 Å². The van der Waals surface area contributed by atoms with E-state index in [1.807, 2.05) is 19.9 Å². The van der Waals surface area contributed by atoms with E-state index in [4.69, 9.17) is 14.2 Å². The smallest absolute Gasteiger partial charge is 0.150 e. The van der Waals surface area contributed by atoms with Gasteiger partial charge in [-0.05, 0) is 66.6 Å². The summed E-state index contributed by atoms with van der Waals surface area (Å²) in [5, 5.41) is 0. The Bertz CT molecular complexity index is 1520. The predicted octanol–water partition coefficient (Wildman–Crippen LogP) is 8.42. The van der Waals surface area contributed by atoms with Crippen LogP contribution in [0.2, 0.25) is 0 Å².